The number of rotatable bonds is 4. The predicted molar refractivity (Wildman–Crippen MR) is 101 cm³/mol. The van der Waals surface area contributed by atoms with Gasteiger partial charge in [0, 0.05) is 25.2 Å². The number of nitrogens with two attached hydrogens (primary N) is 1. The van der Waals surface area contributed by atoms with E-state index in [-0.39, 0.29) is 11.1 Å². The van der Waals surface area contributed by atoms with E-state index in [0.717, 1.165) is 37.2 Å². The second-order valence-corrected chi connectivity index (χ2v) is 8.07. The van der Waals surface area contributed by atoms with Crippen LogP contribution in [-0.4, -0.2) is 23.5 Å². The van der Waals surface area contributed by atoms with E-state index in [1.807, 2.05) is 12.1 Å². The van der Waals surface area contributed by atoms with Crippen LogP contribution in [0.3, 0.4) is 0 Å². The molecule has 4 rings (SSSR count). The Morgan fingerprint density at radius 2 is 2.12 bits per heavy atom. The first-order valence-electron chi connectivity index (χ1n) is 9.30. The number of benzene rings is 2. The lowest BCUT2D eigenvalue weighted by molar-refractivity contribution is 0.309. The summed E-state index contributed by atoms with van der Waals surface area (Å²) in [6, 6.07) is 13.2. The van der Waals surface area contributed by atoms with Gasteiger partial charge in [0.25, 0.3) is 0 Å². The summed E-state index contributed by atoms with van der Waals surface area (Å²) >= 11 is 0. The van der Waals surface area contributed by atoms with E-state index in [0.29, 0.717) is 5.92 Å². The van der Waals surface area contributed by atoms with E-state index in [1.165, 1.54) is 30.0 Å². The minimum Gasteiger partial charge on any atom is -0.324 e. The van der Waals surface area contributed by atoms with Gasteiger partial charge in [-0.05, 0) is 66.5 Å². The summed E-state index contributed by atoms with van der Waals surface area (Å²) in [4.78, 5) is 2.42. The maximum atomic E-state index is 14.2. The molecule has 1 saturated carbocycles. The molecule has 2 aliphatic rings. The van der Waals surface area contributed by atoms with Crippen LogP contribution in [0.5, 0.6) is 0 Å². The second-order valence-electron chi connectivity index (χ2n) is 8.07. The molecule has 1 heterocycles. The highest BCUT2D eigenvalue weighted by Gasteiger charge is 2.33. The summed E-state index contributed by atoms with van der Waals surface area (Å²) in [6.07, 6.45) is 3.40. The molecule has 2 fully saturated rings. The summed E-state index contributed by atoms with van der Waals surface area (Å²) in [6.45, 7) is 4.94. The van der Waals surface area contributed by atoms with Gasteiger partial charge in [-0.1, -0.05) is 24.3 Å². The van der Waals surface area contributed by atoms with Crippen LogP contribution in [0.25, 0.3) is 11.1 Å². The fraction of sp³-hybridized carbons (Fsp3) is 0.409. The van der Waals surface area contributed by atoms with Crippen LogP contribution in [0.4, 0.5) is 4.39 Å². The van der Waals surface area contributed by atoms with Gasteiger partial charge in [0.15, 0.2) is 0 Å². The van der Waals surface area contributed by atoms with Gasteiger partial charge in [-0.15, -0.1) is 0 Å². The van der Waals surface area contributed by atoms with Gasteiger partial charge in [0.2, 0.25) is 0 Å². The molecule has 0 aromatic heterocycles. The van der Waals surface area contributed by atoms with Crippen LogP contribution in [0.1, 0.15) is 48.8 Å². The molecule has 26 heavy (non-hydrogen) atoms. The first-order chi connectivity index (χ1) is 12.5. The predicted octanol–water partition coefficient (Wildman–Crippen LogP) is 4.16. The number of nitriles is 1. The van der Waals surface area contributed by atoms with Crippen molar-refractivity contribution in [2.24, 2.45) is 5.73 Å². The van der Waals surface area contributed by atoms with Crippen molar-refractivity contribution in [3.63, 3.8) is 0 Å². The van der Waals surface area contributed by atoms with Gasteiger partial charge < -0.3 is 5.73 Å². The Kier molecular flexibility index (Phi) is 4.30. The SMILES string of the molecule is C[C@@]1(N)CCN(Cc2cccc(-c3ccc(C#N)c(F)c3)c2C2CC2)C1. The van der Waals surface area contributed by atoms with Crippen molar-refractivity contribution >= 4 is 0 Å². The first kappa shape index (κ1) is 17.2. The summed E-state index contributed by atoms with van der Waals surface area (Å²) in [5, 5.41) is 8.97. The van der Waals surface area contributed by atoms with Gasteiger partial charge in [-0.25, -0.2) is 4.39 Å². The molecule has 0 radical (unpaired) electrons. The van der Waals surface area contributed by atoms with Gasteiger partial charge in [-0.3, -0.25) is 4.90 Å². The molecule has 1 atom stereocenters. The van der Waals surface area contributed by atoms with E-state index in [2.05, 4.69) is 30.0 Å². The van der Waals surface area contributed by atoms with Gasteiger partial charge in [0.1, 0.15) is 11.9 Å². The molecular weight excluding hydrogens is 325 g/mol. The third kappa shape index (κ3) is 3.38. The summed E-state index contributed by atoms with van der Waals surface area (Å²) in [5.74, 6) is 0.113. The molecule has 2 N–H and O–H groups in total. The van der Waals surface area contributed by atoms with Crippen LogP contribution in [-0.2, 0) is 6.54 Å². The molecule has 1 aliphatic heterocycles. The molecule has 1 saturated heterocycles. The minimum absolute atomic E-state index is 0.0946. The van der Waals surface area contributed by atoms with Gasteiger partial charge in [-0.2, -0.15) is 5.26 Å². The molecule has 2 aromatic carbocycles. The molecule has 4 heteroatoms. The van der Waals surface area contributed by atoms with E-state index >= 15 is 0 Å². The molecule has 0 spiro atoms. The van der Waals surface area contributed by atoms with Crippen molar-refractivity contribution in [1.82, 2.24) is 4.90 Å². The quantitative estimate of drug-likeness (QED) is 0.901. The monoisotopic (exact) mass is 349 g/mol. The van der Waals surface area contributed by atoms with E-state index in [4.69, 9.17) is 11.0 Å². The third-order valence-corrected chi connectivity index (χ3v) is 5.56. The van der Waals surface area contributed by atoms with Crippen LogP contribution >= 0.6 is 0 Å². The molecular formula is C22H24FN3. The normalized spacial score (nSPS) is 23.2. The van der Waals surface area contributed by atoms with Crippen LogP contribution in [0.15, 0.2) is 36.4 Å². The molecule has 2 aromatic rings. The molecule has 0 bridgehead atoms. The van der Waals surface area contributed by atoms with Crippen molar-refractivity contribution in [2.45, 2.75) is 44.2 Å². The average Bonchev–Trinajstić information content (AvgIpc) is 3.38. The number of hydrogen-bond donors (Lipinski definition) is 1. The van der Waals surface area contributed by atoms with Crippen molar-refractivity contribution in [3.8, 4) is 17.2 Å². The standard InChI is InChI=1S/C22H24FN3/c1-22(25)9-10-26(14-22)13-18-3-2-4-19(21(18)15-5-6-15)16-7-8-17(12-24)20(23)11-16/h2-4,7-8,11,15H,5-6,9-10,13-14,25H2,1H3/t22-/m1/s1. The zero-order valence-corrected chi connectivity index (χ0v) is 15.1. The highest BCUT2D eigenvalue weighted by molar-refractivity contribution is 5.71. The van der Waals surface area contributed by atoms with Crippen molar-refractivity contribution in [3.05, 3.63) is 58.9 Å². The summed E-state index contributed by atoms with van der Waals surface area (Å²) < 4.78 is 14.2. The largest absolute Gasteiger partial charge is 0.324 e. The van der Waals surface area contributed by atoms with Crippen LogP contribution < -0.4 is 5.73 Å². The maximum Gasteiger partial charge on any atom is 0.141 e. The minimum atomic E-state index is -0.449. The van der Waals surface area contributed by atoms with E-state index < -0.39 is 5.82 Å². The first-order valence-corrected chi connectivity index (χ1v) is 9.30. The topological polar surface area (TPSA) is 53.0 Å². The van der Waals surface area contributed by atoms with E-state index in [1.54, 1.807) is 6.07 Å². The third-order valence-electron chi connectivity index (χ3n) is 5.56. The van der Waals surface area contributed by atoms with Crippen LogP contribution in [0.2, 0.25) is 0 Å². The molecule has 134 valence electrons. The fourth-order valence-corrected chi connectivity index (χ4v) is 4.09. The number of nitrogens with zero attached hydrogens (tertiary/aromatic N) is 2. The lowest BCUT2D eigenvalue weighted by Crippen LogP contribution is -2.39. The Bertz CT molecular complexity index is 877. The van der Waals surface area contributed by atoms with Gasteiger partial charge >= 0.3 is 0 Å². The van der Waals surface area contributed by atoms with Gasteiger partial charge in [0.05, 0.1) is 5.56 Å². The molecule has 1 aliphatic carbocycles. The molecule has 0 unspecified atom stereocenters. The summed E-state index contributed by atoms with van der Waals surface area (Å²) in [5.41, 5.74) is 10.9. The van der Waals surface area contributed by atoms with E-state index in [9.17, 15) is 4.39 Å². The smallest absolute Gasteiger partial charge is 0.141 e. The number of halogens is 1. The molecule has 3 nitrogen and oxygen atoms in total. The maximum absolute atomic E-state index is 14.2. The van der Waals surface area contributed by atoms with Crippen LogP contribution in [0, 0.1) is 17.1 Å². The Hall–Kier alpha value is -2.22. The Morgan fingerprint density at radius 1 is 1.31 bits per heavy atom. The molecule has 0 amide bonds. The van der Waals surface area contributed by atoms with Crippen molar-refractivity contribution < 1.29 is 4.39 Å². The highest BCUT2D eigenvalue weighted by atomic mass is 19.1. The Labute approximate surface area is 154 Å². The second kappa shape index (κ2) is 6.50. The number of likely N-dealkylation sites (tertiary alicyclic amines) is 1. The van der Waals surface area contributed by atoms with Crippen molar-refractivity contribution in [1.29, 1.82) is 5.26 Å². The Balaban J connectivity index is 1.70. The average molecular weight is 349 g/mol. The zero-order chi connectivity index (χ0) is 18.3. The van der Waals surface area contributed by atoms with Crippen molar-refractivity contribution in [2.75, 3.05) is 13.1 Å². The Morgan fingerprint density at radius 3 is 2.73 bits per heavy atom. The lowest BCUT2D eigenvalue weighted by Gasteiger charge is -2.22. The highest BCUT2D eigenvalue weighted by Crippen LogP contribution is 2.46. The summed E-state index contributed by atoms with van der Waals surface area (Å²) in [7, 11) is 0. The fourth-order valence-electron chi connectivity index (χ4n) is 4.09. The lowest BCUT2D eigenvalue weighted by atomic mass is 9.91. The zero-order valence-electron chi connectivity index (χ0n) is 15.1. The number of hydrogen-bond acceptors (Lipinski definition) is 3.